The minimum absolute atomic E-state index is 0.145. The fourth-order valence-electron chi connectivity index (χ4n) is 10.4. The summed E-state index contributed by atoms with van der Waals surface area (Å²) in [6.45, 7) is 13.7. The van der Waals surface area contributed by atoms with Gasteiger partial charge in [0.25, 0.3) is 0 Å². The van der Waals surface area contributed by atoms with Crippen molar-refractivity contribution in [2.24, 2.45) is 0 Å². The number of hydrogen-bond donors (Lipinski definition) is 0. The van der Waals surface area contributed by atoms with Crippen molar-refractivity contribution in [3.05, 3.63) is 176 Å². The normalized spacial score (nSPS) is 14.5. The van der Waals surface area contributed by atoms with E-state index < -0.39 is 0 Å². The molecule has 0 fully saturated rings. The monoisotopic (exact) mass is 979 g/mol. The minimum Gasteiger partial charge on any atom is -0.501 e. The number of allylic oxidation sites excluding steroid dienone is 6. The van der Waals surface area contributed by atoms with Crippen LogP contribution in [0.3, 0.4) is 0 Å². The van der Waals surface area contributed by atoms with Crippen molar-refractivity contribution < 1.29 is 14.2 Å². The molecule has 0 saturated carbocycles. The molecule has 2 aliphatic rings. The Kier molecular flexibility index (Phi) is 15.5. The maximum atomic E-state index is 5.64. The molecule has 0 spiro atoms. The first-order valence-electron chi connectivity index (χ1n) is 25.2. The zero-order valence-electron chi connectivity index (χ0n) is 42.3. The third-order valence-electron chi connectivity index (χ3n) is 14.1. The quantitative estimate of drug-likeness (QED) is 0.0857. The lowest BCUT2D eigenvalue weighted by atomic mass is 9.95. The van der Waals surface area contributed by atoms with Gasteiger partial charge in [-0.1, -0.05) is 96.2 Å². The van der Waals surface area contributed by atoms with E-state index in [1.807, 2.05) is 34.0 Å². The van der Waals surface area contributed by atoms with Crippen molar-refractivity contribution in [2.45, 2.75) is 105 Å². The molecule has 4 nitrogen and oxygen atoms in total. The van der Waals surface area contributed by atoms with E-state index in [4.69, 9.17) is 14.2 Å². The number of thiophene rings is 3. The van der Waals surface area contributed by atoms with E-state index in [0.717, 1.165) is 91.9 Å². The molecule has 1 atom stereocenters. The predicted octanol–water partition coefficient (Wildman–Crippen LogP) is 18.1. The van der Waals surface area contributed by atoms with Crippen LogP contribution in [0.5, 0.6) is 5.75 Å². The Hall–Kier alpha value is -5.88. The van der Waals surface area contributed by atoms with Crippen molar-refractivity contribution >= 4 is 62.2 Å². The van der Waals surface area contributed by atoms with Gasteiger partial charge in [-0.25, -0.2) is 0 Å². The molecule has 7 aromatic rings. The van der Waals surface area contributed by atoms with Gasteiger partial charge in [0.1, 0.15) is 5.75 Å². The van der Waals surface area contributed by atoms with Gasteiger partial charge in [0.15, 0.2) is 0 Å². The summed E-state index contributed by atoms with van der Waals surface area (Å²) in [5, 5.41) is 0. The van der Waals surface area contributed by atoms with Gasteiger partial charge in [-0.15, -0.1) is 34.0 Å². The average Bonchev–Trinajstić information content (AvgIpc) is 4.13. The zero-order chi connectivity index (χ0) is 48.9. The van der Waals surface area contributed by atoms with Crippen LogP contribution in [0.4, 0.5) is 17.1 Å². The van der Waals surface area contributed by atoms with E-state index in [9.17, 15) is 0 Å². The molecular weight excluding hydrogens is 915 g/mol. The van der Waals surface area contributed by atoms with Crippen LogP contribution in [0.2, 0.25) is 0 Å². The number of methoxy groups -OCH3 is 3. The molecule has 3 heterocycles. The Balaban J connectivity index is 1.11. The van der Waals surface area contributed by atoms with Crippen LogP contribution in [0.15, 0.2) is 121 Å². The lowest BCUT2D eigenvalue weighted by molar-refractivity contribution is 0.143. The van der Waals surface area contributed by atoms with E-state index in [1.54, 1.807) is 21.3 Å². The van der Waals surface area contributed by atoms with Crippen molar-refractivity contribution in [1.82, 2.24) is 0 Å². The van der Waals surface area contributed by atoms with E-state index >= 15 is 0 Å². The molecule has 7 heteroatoms. The predicted molar refractivity (Wildman–Crippen MR) is 302 cm³/mol. The Morgan fingerprint density at radius 3 is 1.46 bits per heavy atom. The van der Waals surface area contributed by atoms with Gasteiger partial charge in [0, 0.05) is 59.7 Å². The standard InChI is InChI=1S/C63H65NO3S3/c1-10-52-55(13-4)61(43-22-34-49(65-7)35-23-43)68-58(52)40-16-28-46(29-17-40)64(47-30-18-41(19-31-47)59-53(11-2)56(14-5)62(69-59)44-24-36-50(66-8)37-25-44)48-32-20-42(21-33-48)60-54(12-3)57(15-6)63(70-60)45-26-38-51(67-9)39-27-45/h16-20,22-26,28-32,34-36,38,50H,10-15,27,37,39H2,1-9H3. The molecule has 1 unspecified atom stereocenters. The minimum atomic E-state index is 0.145. The summed E-state index contributed by atoms with van der Waals surface area (Å²) in [4.78, 5) is 10.5. The first-order valence-corrected chi connectivity index (χ1v) is 27.6. The summed E-state index contributed by atoms with van der Waals surface area (Å²) in [5.74, 6) is 1.92. The third-order valence-corrected chi connectivity index (χ3v) is 18.2. The Morgan fingerprint density at radius 1 is 0.514 bits per heavy atom. The summed E-state index contributed by atoms with van der Waals surface area (Å²) < 4.78 is 16.7. The smallest absolute Gasteiger partial charge is 0.118 e. The zero-order valence-corrected chi connectivity index (χ0v) is 44.8. The summed E-state index contributed by atoms with van der Waals surface area (Å²) in [7, 11) is 5.29. The highest BCUT2D eigenvalue weighted by atomic mass is 32.1. The van der Waals surface area contributed by atoms with Gasteiger partial charge in [-0.05, 0) is 185 Å². The van der Waals surface area contributed by atoms with Gasteiger partial charge in [0.05, 0.1) is 31.8 Å². The fourth-order valence-corrected chi connectivity index (χ4v) is 14.9. The number of rotatable bonds is 18. The summed E-state index contributed by atoms with van der Waals surface area (Å²) in [5.41, 5.74) is 19.3. The third kappa shape index (κ3) is 9.52. The van der Waals surface area contributed by atoms with Crippen LogP contribution in [0, 0.1) is 12.1 Å². The Morgan fingerprint density at radius 2 is 1.01 bits per heavy atom. The van der Waals surface area contributed by atoms with E-state index in [0.29, 0.717) is 0 Å². The SMILES string of the molecule is CCc1c(C2=CC=C(OC)CC2)sc(-c2c#cc(N(c3ccc(-c4sc(C5=CCC(OC)C=C5)c(CC)c4CC)cc3)c3ccc(-c4sc(-c5ccc(OC)cc5)c(CC)c4CC)cc3)cc2)c1CC. The molecule has 0 bridgehead atoms. The summed E-state index contributed by atoms with van der Waals surface area (Å²) in [6.07, 6.45) is 20.1. The lowest BCUT2D eigenvalue weighted by Crippen LogP contribution is -2.09. The van der Waals surface area contributed by atoms with Crippen LogP contribution >= 0.6 is 34.0 Å². The van der Waals surface area contributed by atoms with Gasteiger partial charge >= 0.3 is 0 Å². The van der Waals surface area contributed by atoms with Crippen LogP contribution in [-0.2, 0) is 48.0 Å². The highest BCUT2D eigenvalue weighted by molar-refractivity contribution is 7.19. The van der Waals surface area contributed by atoms with Gasteiger partial charge < -0.3 is 19.1 Å². The maximum absolute atomic E-state index is 5.64. The molecule has 3 aromatic heterocycles. The molecule has 0 radical (unpaired) electrons. The van der Waals surface area contributed by atoms with Gasteiger partial charge in [-0.2, -0.15) is 0 Å². The highest BCUT2D eigenvalue weighted by Crippen LogP contribution is 2.47. The first kappa shape index (κ1) is 49.1. The van der Waals surface area contributed by atoms with Crippen molar-refractivity contribution in [1.29, 1.82) is 0 Å². The van der Waals surface area contributed by atoms with E-state index in [-0.39, 0.29) is 6.10 Å². The molecule has 358 valence electrons. The molecular formula is C63H65NO3S3. The van der Waals surface area contributed by atoms with Crippen LogP contribution < -0.4 is 9.64 Å². The molecule has 4 aromatic carbocycles. The Bertz CT molecular complexity index is 3060. The van der Waals surface area contributed by atoms with Crippen LogP contribution in [-0.4, -0.2) is 27.4 Å². The molecule has 70 heavy (non-hydrogen) atoms. The first-order chi connectivity index (χ1) is 34.3. The van der Waals surface area contributed by atoms with E-state index in [1.165, 1.54) is 90.5 Å². The summed E-state index contributed by atoms with van der Waals surface area (Å²) >= 11 is 5.76. The van der Waals surface area contributed by atoms with Crippen molar-refractivity contribution in [2.75, 3.05) is 26.2 Å². The molecule has 0 N–H and O–H groups in total. The second kappa shape index (κ2) is 22.0. The molecule has 0 amide bonds. The van der Waals surface area contributed by atoms with Gasteiger partial charge in [0.2, 0.25) is 0 Å². The summed E-state index contributed by atoms with van der Waals surface area (Å²) in [6, 6.07) is 38.8. The van der Waals surface area contributed by atoms with Crippen LogP contribution in [0.1, 0.15) is 104 Å². The number of ether oxygens (including phenoxy) is 3. The topological polar surface area (TPSA) is 30.9 Å². The maximum Gasteiger partial charge on any atom is 0.118 e. The second-order valence-electron chi connectivity index (χ2n) is 17.9. The average molecular weight is 980 g/mol. The van der Waals surface area contributed by atoms with Crippen molar-refractivity contribution in [3.63, 3.8) is 0 Å². The molecule has 0 saturated heterocycles. The number of benzene rings is 3. The number of hydrogen-bond acceptors (Lipinski definition) is 7. The number of anilines is 3. The molecule has 9 rings (SSSR count). The fraction of sp³-hybridized carbons (Fsp3) is 0.302. The van der Waals surface area contributed by atoms with E-state index in [2.05, 4.69) is 174 Å². The highest BCUT2D eigenvalue weighted by Gasteiger charge is 2.25. The number of nitrogens with zero attached hydrogens (tertiary/aromatic N) is 1. The largest absolute Gasteiger partial charge is 0.501 e. The van der Waals surface area contributed by atoms with Gasteiger partial charge in [-0.3, -0.25) is 0 Å². The Labute approximate surface area is 429 Å². The molecule has 0 aliphatic heterocycles. The van der Waals surface area contributed by atoms with Crippen molar-refractivity contribution in [3.8, 4) is 47.5 Å². The second-order valence-corrected chi connectivity index (χ2v) is 20.9. The molecule has 2 aliphatic carbocycles. The van der Waals surface area contributed by atoms with Crippen LogP contribution in [0.25, 0.3) is 52.9 Å². The lowest BCUT2D eigenvalue weighted by Gasteiger charge is -2.24.